The molecule has 0 unspecified atom stereocenters. The maximum atomic E-state index is 9.81. The Morgan fingerprint density at radius 3 is 1.62 bits per heavy atom. The lowest BCUT2D eigenvalue weighted by Gasteiger charge is -1.71. The van der Waals surface area contributed by atoms with Crippen molar-refractivity contribution in [3.8, 4) is 0 Å². The van der Waals surface area contributed by atoms with Gasteiger partial charge in [-0.05, 0) is 21.0 Å². The summed E-state index contributed by atoms with van der Waals surface area (Å²) in [4.78, 5) is 9.81. The van der Waals surface area contributed by atoms with Gasteiger partial charge in [0.05, 0.1) is 0 Å². The maximum Gasteiger partial charge on any atom is 0.129 e. The maximum absolute atomic E-state index is 9.81. The zero-order valence-corrected chi connectivity index (χ0v) is 6.12. The molecule has 0 bridgehead atoms. The molecule has 1 N–H and O–H groups in total. The summed E-state index contributed by atoms with van der Waals surface area (Å²) < 4.78 is 0. The van der Waals surface area contributed by atoms with Crippen LogP contribution in [-0.2, 0) is 4.79 Å². The lowest BCUT2D eigenvalue weighted by atomic mass is 10.4. The van der Waals surface area contributed by atoms with Crippen molar-refractivity contribution in [1.82, 2.24) is 5.32 Å². The van der Waals surface area contributed by atoms with Gasteiger partial charge >= 0.3 is 0 Å². The number of carbonyl (C=O) groups is 1. The molecule has 0 radical (unpaired) electrons. The molecule has 0 aromatic rings. The molecular weight excluding hydrogens is 102 g/mol. The van der Waals surface area contributed by atoms with E-state index in [1.54, 1.807) is 6.92 Å². The summed E-state index contributed by atoms with van der Waals surface area (Å²) in [5.41, 5.74) is 0. The molecule has 0 spiro atoms. The van der Waals surface area contributed by atoms with Crippen LogP contribution in [0, 0.1) is 0 Å². The molecule has 0 rings (SSSR count). The third-order valence-corrected chi connectivity index (χ3v) is 0.498. The zero-order chi connectivity index (χ0) is 6.99. The monoisotopic (exact) mass is 117 g/mol. The van der Waals surface area contributed by atoms with Crippen molar-refractivity contribution >= 4 is 5.78 Å². The van der Waals surface area contributed by atoms with Gasteiger partial charge in [-0.1, -0.05) is 6.92 Å². The van der Waals surface area contributed by atoms with Gasteiger partial charge in [0.15, 0.2) is 0 Å². The standard InChI is InChI=1S/C4H8O.C2H7N/c1-3-4(2)5;1-3-2/h3H2,1-2H3;3H,1-2H3. The predicted octanol–water partition coefficient (Wildman–Crippen LogP) is 0.821. The highest BCUT2D eigenvalue weighted by Gasteiger charge is 1.76. The molecule has 0 fully saturated rings. The van der Waals surface area contributed by atoms with E-state index in [-0.39, 0.29) is 5.78 Å². The summed E-state index contributed by atoms with van der Waals surface area (Å²) in [6.45, 7) is 3.43. The van der Waals surface area contributed by atoms with E-state index in [0.717, 1.165) is 0 Å². The minimum atomic E-state index is 0.255. The molecule has 50 valence electrons. The van der Waals surface area contributed by atoms with Gasteiger partial charge < -0.3 is 10.1 Å². The van der Waals surface area contributed by atoms with Crippen LogP contribution in [0.25, 0.3) is 0 Å². The van der Waals surface area contributed by atoms with Crippen LogP contribution in [-0.4, -0.2) is 19.9 Å². The fourth-order valence-electron chi connectivity index (χ4n) is 0. The van der Waals surface area contributed by atoms with E-state index < -0.39 is 0 Å². The van der Waals surface area contributed by atoms with Crippen LogP contribution in [0.2, 0.25) is 0 Å². The fourth-order valence-corrected chi connectivity index (χ4v) is 0. The molecule has 0 heterocycles. The van der Waals surface area contributed by atoms with E-state index in [1.165, 1.54) is 0 Å². The quantitative estimate of drug-likeness (QED) is 0.551. The first-order valence-electron chi connectivity index (χ1n) is 2.76. The minimum absolute atomic E-state index is 0.255. The largest absolute Gasteiger partial charge is 0.323 e. The first kappa shape index (κ1) is 10.6. The Morgan fingerprint density at radius 2 is 1.62 bits per heavy atom. The van der Waals surface area contributed by atoms with Crippen LogP contribution in [0.3, 0.4) is 0 Å². The normalized spacial score (nSPS) is 7.00. The highest BCUT2D eigenvalue weighted by molar-refractivity contribution is 5.74. The van der Waals surface area contributed by atoms with Gasteiger partial charge in [0.25, 0.3) is 0 Å². The van der Waals surface area contributed by atoms with Gasteiger partial charge in [-0.3, -0.25) is 0 Å². The molecule has 0 saturated carbocycles. The Bertz CT molecular complexity index is 52.5. The second-order valence-electron chi connectivity index (χ2n) is 1.56. The first-order chi connectivity index (χ1) is 3.68. The van der Waals surface area contributed by atoms with E-state index in [1.807, 2.05) is 21.0 Å². The molecule has 0 aliphatic heterocycles. The molecule has 0 aliphatic rings. The van der Waals surface area contributed by atoms with Crippen LogP contribution in [0.15, 0.2) is 0 Å². The third kappa shape index (κ3) is 45.4. The topological polar surface area (TPSA) is 29.1 Å². The summed E-state index contributed by atoms with van der Waals surface area (Å²) in [7, 11) is 3.75. The summed E-state index contributed by atoms with van der Waals surface area (Å²) >= 11 is 0. The van der Waals surface area contributed by atoms with Crippen molar-refractivity contribution in [3.63, 3.8) is 0 Å². The number of Topliss-reactive ketones (excluding diaryl/α,β-unsaturated/α-hetero) is 1. The zero-order valence-electron chi connectivity index (χ0n) is 6.12. The molecule has 0 aromatic heterocycles. The Hall–Kier alpha value is -0.370. The Morgan fingerprint density at radius 1 is 1.50 bits per heavy atom. The molecule has 0 aromatic carbocycles. The Labute approximate surface area is 51.3 Å². The van der Waals surface area contributed by atoms with E-state index in [0.29, 0.717) is 6.42 Å². The molecule has 8 heavy (non-hydrogen) atoms. The molecule has 0 saturated heterocycles. The van der Waals surface area contributed by atoms with Crippen molar-refractivity contribution in [3.05, 3.63) is 0 Å². The number of rotatable bonds is 1. The van der Waals surface area contributed by atoms with Gasteiger partial charge in [-0.15, -0.1) is 0 Å². The number of carbonyl (C=O) groups excluding carboxylic acids is 1. The van der Waals surface area contributed by atoms with Gasteiger partial charge in [0, 0.05) is 6.42 Å². The molecular formula is C6H15NO. The summed E-state index contributed by atoms with van der Waals surface area (Å²) in [6, 6.07) is 0. The number of nitrogens with one attached hydrogen (secondary N) is 1. The van der Waals surface area contributed by atoms with Crippen molar-refractivity contribution in [2.24, 2.45) is 0 Å². The predicted molar refractivity (Wildman–Crippen MR) is 36.0 cm³/mol. The van der Waals surface area contributed by atoms with E-state index in [4.69, 9.17) is 0 Å². The number of hydrogen-bond donors (Lipinski definition) is 1. The molecule has 2 nitrogen and oxygen atoms in total. The number of ketones is 1. The van der Waals surface area contributed by atoms with Gasteiger partial charge in [-0.25, -0.2) is 0 Å². The van der Waals surface area contributed by atoms with Crippen molar-refractivity contribution < 1.29 is 4.79 Å². The smallest absolute Gasteiger partial charge is 0.129 e. The van der Waals surface area contributed by atoms with Crippen molar-refractivity contribution in [1.29, 1.82) is 0 Å². The average molecular weight is 117 g/mol. The average Bonchev–Trinajstić information content (AvgIpc) is 1.69. The van der Waals surface area contributed by atoms with Crippen LogP contribution in [0.1, 0.15) is 20.3 Å². The fraction of sp³-hybridized carbons (Fsp3) is 0.833. The highest BCUT2D eigenvalue weighted by atomic mass is 16.1. The van der Waals surface area contributed by atoms with Gasteiger partial charge in [0.2, 0.25) is 0 Å². The second-order valence-corrected chi connectivity index (χ2v) is 1.56. The van der Waals surface area contributed by atoms with E-state index in [9.17, 15) is 4.79 Å². The van der Waals surface area contributed by atoms with Crippen LogP contribution >= 0.6 is 0 Å². The molecule has 0 atom stereocenters. The molecule has 0 aliphatic carbocycles. The first-order valence-corrected chi connectivity index (χ1v) is 2.76. The van der Waals surface area contributed by atoms with Crippen LogP contribution in [0.4, 0.5) is 0 Å². The van der Waals surface area contributed by atoms with E-state index in [2.05, 4.69) is 5.32 Å². The van der Waals surface area contributed by atoms with Gasteiger partial charge in [0.1, 0.15) is 5.78 Å². The van der Waals surface area contributed by atoms with Crippen LogP contribution in [0.5, 0.6) is 0 Å². The van der Waals surface area contributed by atoms with E-state index >= 15 is 0 Å². The SMILES string of the molecule is CCC(C)=O.CNC. The molecule has 0 amide bonds. The summed E-state index contributed by atoms with van der Waals surface area (Å²) in [6.07, 6.45) is 0.667. The Balaban J connectivity index is 0. The highest BCUT2D eigenvalue weighted by Crippen LogP contribution is 1.71. The van der Waals surface area contributed by atoms with Crippen molar-refractivity contribution in [2.75, 3.05) is 14.1 Å². The number of hydrogen-bond acceptors (Lipinski definition) is 2. The lowest BCUT2D eigenvalue weighted by Crippen LogP contribution is -1.89. The van der Waals surface area contributed by atoms with Crippen molar-refractivity contribution in [2.45, 2.75) is 20.3 Å². The minimum Gasteiger partial charge on any atom is -0.323 e. The second kappa shape index (κ2) is 9.80. The Kier molecular flexibility index (Phi) is 13.0. The lowest BCUT2D eigenvalue weighted by molar-refractivity contribution is -0.116. The van der Waals surface area contributed by atoms with Gasteiger partial charge in [-0.2, -0.15) is 0 Å². The molecule has 2 heteroatoms. The summed E-state index contributed by atoms with van der Waals surface area (Å²) in [5, 5.41) is 2.75. The summed E-state index contributed by atoms with van der Waals surface area (Å²) in [5.74, 6) is 0.255. The third-order valence-electron chi connectivity index (χ3n) is 0.498. The van der Waals surface area contributed by atoms with Crippen LogP contribution < -0.4 is 5.32 Å².